The highest BCUT2D eigenvalue weighted by Crippen LogP contribution is 2.38. The number of alkyl halides is 3. The van der Waals surface area contributed by atoms with Gasteiger partial charge in [-0.25, -0.2) is 9.03 Å². The van der Waals surface area contributed by atoms with E-state index in [-0.39, 0.29) is 11.4 Å². The van der Waals surface area contributed by atoms with Crippen molar-refractivity contribution >= 4 is 26.7 Å². The van der Waals surface area contributed by atoms with Crippen molar-refractivity contribution in [3.8, 4) is 16.9 Å². The number of aliphatic hydroxyl groups excluding tert-OH is 1. The molecule has 3 N–H and O–H groups in total. The van der Waals surface area contributed by atoms with E-state index in [4.69, 9.17) is 0 Å². The number of hydrogen-bond acceptors (Lipinski definition) is 4. The van der Waals surface area contributed by atoms with Gasteiger partial charge in [-0.05, 0) is 52.2 Å². The first-order chi connectivity index (χ1) is 13.5. The number of nitrogens with zero attached hydrogens (tertiary/aromatic N) is 1. The Morgan fingerprint density at radius 1 is 0.897 bits per heavy atom. The molecule has 10 heteroatoms. The van der Waals surface area contributed by atoms with E-state index in [0.717, 1.165) is 18.3 Å². The van der Waals surface area contributed by atoms with E-state index >= 15 is 0 Å². The SMILES string of the molecule is O=S1(=O)NC(O)=CN1c1cc2cc(-c3cccc(C(F)(F)F)c3)ccc2cc1O. The molecule has 0 saturated heterocycles. The fourth-order valence-corrected chi connectivity index (χ4v) is 4.15. The quantitative estimate of drug-likeness (QED) is 0.576. The Bertz CT molecular complexity index is 1270. The zero-order valence-corrected chi connectivity index (χ0v) is 15.3. The van der Waals surface area contributed by atoms with E-state index in [9.17, 15) is 31.8 Å². The molecule has 4 rings (SSSR count). The predicted molar refractivity (Wildman–Crippen MR) is 101 cm³/mol. The van der Waals surface area contributed by atoms with Crippen LogP contribution in [0.3, 0.4) is 0 Å². The summed E-state index contributed by atoms with van der Waals surface area (Å²) in [5.41, 5.74) is -0.0723. The minimum absolute atomic E-state index is 0.116. The fourth-order valence-electron chi connectivity index (χ4n) is 3.09. The van der Waals surface area contributed by atoms with Crippen LogP contribution in [0.1, 0.15) is 5.56 Å². The number of fused-ring (bicyclic) bond motifs is 1. The molecule has 6 nitrogen and oxygen atoms in total. The summed E-state index contributed by atoms with van der Waals surface area (Å²) >= 11 is 0. The average Bonchev–Trinajstić information content (AvgIpc) is 2.92. The van der Waals surface area contributed by atoms with E-state index in [0.29, 0.717) is 26.2 Å². The van der Waals surface area contributed by atoms with Gasteiger partial charge in [-0.1, -0.05) is 24.3 Å². The molecule has 0 amide bonds. The molecule has 3 aromatic rings. The van der Waals surface area contributed by atoms with Crippen LogP contribution < -0.4 is 9.03 Å². The van der Waals surface area contributed by atoms with E-state index in [1.807, 2.05) is 4.72 Å². The van der Waals surface area contributed by atoms with Gasteiger partial charge in [-0.2, -0.15) is 21.6 Å². The van der Waals surface area contributed by atoms with E-state index in [2.05, 4.69) is 0 Å². The molecule has 1 heterocycles. The lowest BCUT2D eigenvalue weighted by Gasteiger charge is -2.16. The zero-order valence-electron chi connectivity index (χ0n) is 14.5. The normalized spacial score (nSPS) is 16.0. The molecule has 1 aliphatic heterocycles. The highest BCUT2D eigenvalue weighted by atomic mass is 32.2. The summed E-state index contributed by atoms with van der Waals surface area (Å²) in [6, 6.07) is 12.4. The highest BCUT2D eigenvalue weighted by Gasteiger charge is 2.31. The molecule has 0 aromatic heterocycles. The Balaban J connectivity index is 1.84. The van der Waals surface area contributed by atoms with Crippen LogP contribution >= 0.6 is 0 Å². The highest BCUT2D eigenvalue weighted by molar-refractivity contribution is 7.91. The maximum Gasteiger partial charge on any atom is 0.416 e. The summed E-state index contributed by atoms with van der Waals surface area (Å²) < 4.78 is 65.6. The number of benzene rings is 3. The van der Waals surface area contributed by atoms with Gasteiger partial charge in [-0.15, -0.1) is 0 Å². The number of aliphatic hydroxyl groups is 1. The fraction of sp³-hybridized carbons (Fsp3) is 0.0526. The van der Waals surface area contributed by atoms with Crippen molar-refractivity contribution in [1.82, 2.24) is 4.72 Å². The third-order valence-corrected chi connectivity index (χ3v) is 5.71. The van der Waals surface area contributed by atoms with E-state index in [1.165, 1.54) is 24.3 Å². The summed E-state index contributed by atoms with van der Waals surface area (Å²) in [6.07, 6.45) is -3.58. The second-order valence-corrected chi connectivity index (χ2v) is 7.95. The smallest absolute Gasteiger partial charge is 0.416 e. The molecule has 0 spiro atoms. The second kappa shape index (κ2) is 6.31. The van der Waals surface area contributed by atoms with Crippen LogP contribution in [0, 0.1) is 0 Å². The van der Waals surface area contributed by atoms with Gasteiger partial charge >= 0.3 is 16.4 Å². The number of phenolic OH excluding ortho intramolecular Hbond substituents is 1. The topological polar surface area (TPSA) is 89.9 Å². The number of aromatic hydroxyl groups is 1. The maximum atomic E-state index is 13.0. The first-order valence-corrected chi connectivity index (χ1v) is 9.66. The average molecular weight is 422 g/mol. The maximum absolute atomic E-state index is 13.0. The molecule has 0 fully saturated rings. The van der Waals surface area contributed by atoms with Crippen LogP contribution in [0.15, 0.2) is 66.7 Å². The molecule has 0 radical (unpaired) electrons. The lowest BCUT2D eigenvalue weighted by atomic mass is 9.99. The molecule has 150 valence electrons. The van der Waals surface area contributed by atoms with Gasteiger partial charge in [0.1, 0.15) is 11.4 Å². The molecule has 0 atom stereocenters. The van der Waals surface area contributed by atoms with Crippen molar-refractivity contribution < 1.29 is 31.8 Å². The molecule has 0 saturated carbocycles. The summed E-state index contributed by atoms with van der Waals surface area (Å²) in [4.78, 5) is 0. The standard InChI is InChI=1S/C19H13F3N2O4S/c20-19(21,22)15-3-1-2-11(7-15)12-4-5-13-9-17(25)16(8-14(13)6-12)24-10-18(26)23-29(24,27)28/h1-10,23,25-26H. The molecule has 3 aromatic carbocycles. The van der Waals surface area contributed by atoms with Crippen LogP contribution in [-0.4, -0.2) is 18.6 Å². The Morgan fingerprint density at radius 2 is 1.62 bits per heavy atom. The van der Waals surface area contributed by atoms with Gasteiger partial charge in [0.2, 0.25) is 5.88 Å². The van der Waals surface area contributed by atoms with Crippen LogP contribution in [0.5, 0.6) is 5.75 Å². The molecule has 0 aliphatic carbocycles. The van der Waals surface area contributed by atoms with Gasteiger partial charge in [0, 0.05) is 0 Å². The third-order valence-electron chi connectivity index (χ3n) is 4.43. The minimum atomic E-state index is -4.47. The van der Waals surface area contributed by atoms with Gasteiger partial charge in [0.05, 0.1) is 11.8 Å². The molecule has 0 bridgehead atoms. The Kier molecular flexibility index (Phi) is 4.12. The number of rotatable bonds is 2. The number of phenols is 1. The van der Waals surface area contributed by atoms with Crippen molar-refractivity contribution in [3.63, 3.8) is 0 Å². The first-order valence-electron chi connectivity index (χ1n) is 8.22. The van der Waals surface area contributed by atoms with E-state index < -0.39 is 27.8 Å². The number of nitrogens with one attached hydrogen (secondary N) is 1. The first kappa shape index (κ1) is 18.9. The molecule has 1 aliphatic rings. The van der Waals surface area contributed by atoms with Crippen molar-refractivity contribution in [2.24, 2.45) is 0 Å². The summed E-state index contributed by atoms with van der Waals surface area (Å²) in [5.74, 6) is -0.956. The Labute approximate surface area is 163 Å². The van der Waals surface area contributed by atoms with Crippen LogP contribution in [0.2, 0.25) is 0 Å². The number of halogens is 3. The molecular formula is C19H13F3N2O4S. The monoisotopic (exact) mass is 422 g/mol. The number of anilines is 1. The van der Waals surface area contributed by atoms with E-state index in [1.54, 1.807) is 18.2 Å². The molecule has 29 heavy (non-hydrogen) atoms. The van der Waals surface area contributed by atoms with Crippen molar-refractivity contribution in [1.29, 1.82) is 0 Å². The molecule has 0 unspecified atom stereocenters. The largest absolute Gasteiger partial charge is 0.506 e. The van der Waals surface area contributed by atoms with Crippen molar-refractivity contribution in [3.05, 3.63) is 72.2 Å². The second-order valence-electron chi connectivity index (χ2n) is 6.40. The van der Waals surface area contributed by atoms with Gasteiger partial charge < -0.3 is 10.2 Å². The van der Waals surface area contributed by atoms with Gasteiger partial charge in [-0.3, -0.25) is 0 Å². The molecular weight excluding hydrogens is 409 g/mol. The van der Waals surface area contributed by atoms with Crippen molar-refractivity contribution in [2.45, 2.75) is 6.18 Å². The minimum Gasteiger partial charge on any atom is -0.506 e. The predicted octanol–water partition coefficient (Wildman–Crippen LogP) is 4.24. The lowest BCUT2D eigenvalue weighted by molar-refractivity contribution is -0.137. The number of hydrogen-bond donors (Lipinski definition) is 3. The van der Waals surface area contributed by atoms with Crippen LogP contribution in [-0.2, 0) is 16.4 Å². The van der Waals surface area contributed by atoms with Crippen LogP contribution in [0.25, 0.3) is 21.9 Å². The summed E-state index contributed by atoms with van der Waals surface area (Å²) in [5, 5.41) is 20.7. The Morgan fingerprint density at radius 3 is 2.28 bits per heavy atom. The third kappa shape index (κ3) is 3.42. The Hall–Kier alpha value is -3.40. The van der Waals surface area contributed by atoms with Gasteiger partial charge in [0.15, 0.2) is 0 Å². The zero-order chi connectivity index (χ0) is 21.0. The van der Waals surface area contributed by atoms with Crippen LogP contribution in [0.4, 0.5) is 18.9 Å². The van der Waals surface area contributed by atoms with Crippen molar-refractivity contribution in [2.75, 3.05) is 4.31 Å². The summed E-state index contributed by atoms with van der Waals surface area (Å²) in [6.45, 7) is 0. The lowest BCUT2D eigenvalue weighted by Crippen LogP contribution is -2.29. The summed E-state index contributed by atoms with van der Waals surface area (Å²) in [7, 11) is -4.11. The van der Waals surface area contributed by atoms with Gasteiger partial charge in [0.25, 0.3) is 0 Å².